The molecule has 2 atom stereocenters. The fourth-order valence-corrected chi connectivity index (χ4v) is 6.25. The summed E-state index contributed by atoms with van der Waals surface area (Å²) < 4.78 is 5.56. The predicted molar refractivity (Wildman–Crippen MR) is 153 cm³/mol. The van der Waals surface area contributed by atoms with Gasteiger partial charge in [0.25, 0.3) is 5.91 Å². The van der Waals surface area contributed by atoms with Crippen LogP contribution in [-0.4, -0.2) is 60.3 Å². The Morgan fingerprint density at radius 1 is 1.02 bits per heavy atom. The zero-order chi connectivity index (χ0) is 28.3. The fourth-order valence-electron chi connectivity index (χ4n) is 5.42. The van der Waals surface area contributed by atoms with E-state index in [1.54, 1.807) is 28.5 Å². The Balaban J connectivity index is 1.17. The highest BCUT2D eigenvalue weighted by molar-refractivity contribution is 7.10. The smallest absolute Gasteiger partial charge is 0.251 e. The van der Waals surface area contributed by atoms with E-state index in [2.05, 4.69) is 22.8 Å². The molecule has 2 saturated heterocycles. The Kier molecular flexibility index (Phi) is 7.99. The molecule has 0 bridgehead atoms. The molecule has 3 heterocycles. The molecule has 40 heavy (non-hydrogen) atoms. The SMILES string of the molecule is CC1CCC(C(=O)NCc2cc(C(=N)N)cs2)N1C(=O)CNC(=O)c1ccc(C2(c3ccccc3)COC2)cc1. The number of nitrogen functional groups attached to an aromatic ring is 1. The van der Waals surface area contributed by atoms with Gasteiger partial charge in [0, 0.05) is 27.4 Å². The first-order valence-electron chi connectivity index (χ1n) is 13.3. The third-order valence-corrected chi connectivity index (χ3v) is 8.72. The summed E-state index contributed by atoms with van der Waals surface area (Å²) >= 11 is 1.41. The van der Waals surface area contributed by atoms with Gasteiger partial charge in [-0.15, -0.1) is 11.3 Å². The molecule has 5 N–H and O–H groups in total. The maximum absolute atomic E-state index is 13.1. The summed E-state index contributed by atoms with van der Waals surface area (Å²) in [5.41, 5.74) is 8.65. The van der Waals surface area contributed by atoms with Gasteiger partial charge in [0.1, 0.15) is 11.9 Å². The van der Waals surface area contributed by atoms with Crippen LogP contribution in [0.25, 0.3) is 0 Å². The van der Waals surface area contributed by atoms with Crippen molar-refractivity contribution in [2.24, 2.45) is 5.73 Å². The van der Waals surface area contributed by atoms with E-state index in [1.165, 1.54) is 16.9 Å². The fraction of sp³-hybridized carbons (Fsp3) is 0.333. The largest absolute Gasteiger partial charge is 0.384 e. The molecule has 2 unspecified atom stereocenters. The van der Waals surface area contributed by atoms with Crippen LogP contribution in [0.5, 0.6) is 0 Å². The van der Waals surface area contributed by atoms with Crippen molar-refractivity contribution in [3.05, 3.63) is 93.2 Å². The van der Waals surface area contributed by atoms with Gasteiger partial charge in [-0.1, -0.05) is 42.5 Å². The molecule has 5 rings (SSSR count). The van der Waals surface area contributed by atoms with Gasteiger partial charge in [-0.05, 0) is 49.1 Å². The van der Waals surface area contributed by atoms with Crippen molar-refractivity contribution >= 4 is 34.9 Å². The molecule has 9 nitrogen and oxygen atoms in total. The molecule has 0 radical (unpaired) electrons. The second-order valence-corrected chi connectivity index (χ2v) is 11.4. The normalized spacial score (nSPS) is 19.5. The van der Waals surface area contributed by atoms with Crippen LogP contribution < -0.4 is 16.4 Å². The van der Waals surface area contributed by atoms with E-state index < -0.39 is 6.04 Å². The standard InChI is InChI=1S/C30H33N5O4S/c1-19-7-12-25(29(38)33-14-24-13-21(16-40-24)27(31)32)35(19)26(36)15-34-28(37)20-8-10-23(11-9-20)30(17-39-18-30)22-5-3-2-4-6-22/h2-6,8-11,13,16,19,25H,7,12,14-15,17-18H2,1H3,(H3,31,32)(H,33,38)(H,34,37). The first-order valence-corrected chi connectivity index (χ1v) is 14.2. The highest BCUT2D eigenvalue weighted by atomic mass is 32.1. The minimum absolute atomic E-state index is 0.0164. The minimum Gasteiger partial charge on any atom is -0.384 e. The van der Waals surface area contributed by atoms with Crippen LogP contribution in [0, 0.1) is 5.41 Å². The number of amides is 3. The van der Waals surface area contributed by atoms with E-state index >= 15 is 0 Å². The van der Waals surface area contributed by atoms with Gasteiger partial charge in [-0.3, -0.25) is 19.8 Å². The number of rotatable bonds is 9. The lowest BCUT2D eigenvalue weighted by molar-refractivity contribution is -0.139. The molecule has 0 aliphatic carbocycles. The predicted octanol–water partition coefficient (Wildman–Crippen LogP) is 2.77. The first kappa shape index (κ1) is 27.5. The molecular formula is C30H33N5O4S. The van der Waals surface area contributed by atoms with Crippen LogP contribution in [0.4, 0.5) is 0 Å². The summed E-state index contributed by atoms with van der Waals surface area (Å²) in [5, 5.41) is 14.9. The highest BCUT2D eigenvalue weighted by Crippen LogP contribution is 2.39. The van der Waals surface area contributed by atoms with E-state index in [0.717, 1.165) is 10.4 Å². The number of ether oxygens (including phenoxy) is 1. The van der Waals surface area contributed by atoms with Gasteiger partial charge >= 0.3 is 0 Å². The van der Waals surface area contributed by atoms with Gasteiger partial charge in [-0.25, -0.2) is 0 Å². The Morgan fingerprint density at radius 2 is 1.73 bits per heavy atom. The Hall–Kier alpha value is -4.02. The molecular weight excluding hydrogens is 526 g/mol. The van der Waals surface area contributed by atoms with Gasteiger partial charge < -0.3 is 26.0 Å². The molecule has 3 amide bonds. The number of carbonyl (C=O) groups is 3. The number of nitrogens with two attached hydrogens (primary N) is 1. The summed E-state index contributed by atoms with van der Waals surface area (Å²) in [5.74, 6) is -0.882. The van der Waals surface area contributed by atoms with Crippen LogP contribution in [0.3, 0.4) is 0 Å². The van der Waals surface area contributed by atoms with Gasteiger partial charge in [0.05, 0.1) is 31.7 Å². The summed E-state index contributed by atoms with van der Waals surface area (Å²) in [6, 6.07) is 18.7. The van der Waals surface area contributed by atoms with Gasteiger partial charge in [-0.2, -0.15) is 0 Å². The number of nitrogens with one attached hydrogen (secondary N) is 3. The van der Waals surface area contributed by atoms with E-state index in [9.17, 15) is 14.4 Å². The topological polar surface area (TPSA) is 138 Å². The molecule has 0 spiro atoms. The van der Waals surface area contributed by atoms with E-state index in [-0.39, 0.29) is 41.6 Å². The summed E-state index contributed by atoms with van der Waals surface area (Å²) in [7, 11) is 0. The molecule has 3 aromatic rings. The summed E-state index contributed by atoms with van der Waals surface area (Å²) in [6.45, 7) is 3.20. The maximum Gasteiger partial charge on any atom is 0.251 e. The molecule has 2 aromatic carbocycles. The number of hydrogen-bond acceptors (Lipinski definition) is 6. The first-order chi connectivity index (χ1) is 19.3. The second-order valence-electron chi connectivity index (χ2n) is 10.4. The van der Waals surface area contributed by atoms with Crippen molar-refractivity contribution in [1.29, 1.82) is 5.41 Å². The lowest BCUT2D eigenvalue weighted by atomic mass is 9.73. The minimum atomic E-state index is -0.593. The van der Waals surface area contributed by atoms with Gasteiger partial charge in [0.15, 0.2) is 0 Å². The number of carbonyl (C=O) groups excluding carboxylic acids is 3. The molecule has 2 aliphatic heterocycles. The molecule has 2 fully saturated rings. The average Bonchev–Trinajstić information content (AvgIpc) is 3.58. The Labute approximate surface area is 237 Å². The number of amidine groups is 1. The number of hydrogen-bond donors (Lipinski definition) is 4. The van der Waals surface area contributed by atoms with Crippen LogP contribution in [-0.2, 0) is 26.3 Å². The zero-order valence-corrected chi connectivity index (χ0v) is 23.1. The van der Waals surface area contributed by atoms with Crippen LogP contribution in [0.2, 0.25) is 0 Å². The third-order valence-electron chi connectivity index (χ3n) is 7.78. The maximum atomic E-state index is 13.1. The third kappa shape index (κ3) is 5.50. The molecule has 0 saturated carbocycles. The number of likely N-dealkylation sites (tertiary alicyclic amines) is 1. The van der Waals surface area contributed by atoms with Gasteiger partial charge in [0.2, 0.25) is 11.8 Å². The second kappa shape index (κ2) is 11.6. The van der Waals surface area contributed by atoms with E-state index in [1.807, 2.05) is 37.3 Å². The lowest BCUT2D eigenvalue weighted by Crippen LogP contribution is -2.51. The quantitative estimate of drug-likeness (QED) is 0.236. The van der Waals surface area contributed by atoms with Crippen LogP contribution >= 0.6 is 11.3 Å². The Morgan fingerprint density at radius 3 is 2.35 bits per heavy atom. The molecule has 208 valence electrons. The molecule has 10 heteroatoms. The van der Waals surface area contributed by atoms with Crippen LogP contribution in [0.1, 0.15) is 51.7 Å². The van der Waals surface area contributed by atoms with Crippen molar-refractivity contribution in [2.45, 2.75) is 43.8 Å². The number of nitrogens with zero attached hydrogens (tertiary/aromatic N) is 1. The van der Waals surface area contributed by atoms with Crippen molar-refractivity contribution in [3.8, 4) is 0 Å². The highest BCUT2D eigenvalue weighted by Gasteiger charge is 2.42. The zero-order valence-electron chi connectivity index (χ0n) is 22.3. The Bertz CT molecular complexity index is 1400. The molecule has 2 aliphatic rings. The summed E-state index contributed by atoms with van der Waals surface area (Å²) in [6.07, 6.45) is 1.27. The molecule has 1 aromatic heterocycles. The van der Waals surface area contributed by atoms with E-state index in [4.69, 9.17) is 15.9 Å². The van der Waals surface area contributed by atoms with Crippen molar-refractivity contribution in [1.82, 2.24) is 15.5 Å². The average molecular weight is 560 g/mol. The monoisotopic (exact) mass is 559 g/mol. The van der Waals surface area contributed by atoms with Crippen molar-refractivity contribution in [2.75, 3.05) is 19.8 Å². The van der Waals surface area contributed by atoms with E-state index in [0.29, 0.717) is 43.7 Å². The van der Waals surface area contributed by atoms with Crippen molar-refractivity contribution in [3.63, 3.8) is 0 Å². The summed E-state index contributed by atoms with van der Waals surface area (Å²) in [4.78, 5) is 41.4. The lowest BCUT2D eigenvalue weighted by Gasteiger charge is -2.42. The number of benzene rings is 2. The van der Waals surface area contributed by atoms with Crippen molar-refractivity contribution < 1.29 is 19.1 Å². The number of thiophene rings is 1. The van der Waals surface area contributed by atoms with Crippen LogP contribution in [0.15, 0.2) is 66.0 Å².